The summed E-state index contributed by atoms with van der Waals surface area (Å²) in [5.74, 6) is 0.704. The highest BCUT2D eigenvalue weighted by molar-refractivity contribution is 7.89. The molecule has 0 radical (unpaired) electrons. The van der Waals surface area contributed by atoms with E-state index < -0.39 is 15.9 Å². The average Bonchev–Trinajstić information content (AvgIpc) is 2.79. The predicted octanol–water partition coefficient (Wildman–Crippen LogP) is 2.22. The first-order chi connectivity index (χ1) is 14.9. The van der Waals surface area contributed by atoms with Gasteiger partial charge in [0.1, 0.15) is 11.5 Å². The summed E-state index contributed by atoms with van der Waals surface area (Å²) >= 11 is 0. The third-order valence-corrected chi connectivity index (χ3v) is 6.78. The molecule has 2 aromatic rings. The van der Waals surface area contributed by atoms with Crippen LogP contribution < -0.4 is 14.8 Å². The highest BCUT2D eigenvalue weighted by Gasteiger charge is 2.28. The summed E-state index contributed by atoms with van der Waals surface area (Å²) in [6.07, 6.45) is 0.605. The highest BCUT2D eigenvalue weighted by atomic mass is 32.2. The number of methoxy groups -OCH3 is 1. The van der Waals surface area contributed by atoms with E-state index in [0.29, 0.717) is 38.5 Å². The van der Waals surface area contributed by atoms with Crippen molar-refractivity contribution in [2.45, 2.75) is 18.2 Å². The molecule has 168 valence electrons. The summed E-state index contributed by atoms with van der Waals surface area (Å²) in [7, 11) is -2.27. The van der Waals surface area contributed by atoms with Crippen molar-refractivity contribution in [3.05, 3.63) is 53.6 Å². The lowest BCUT2D eigenvalue weighted by atomic mass is 10.2. The number of benzene rings is 2. The van der Waals surface area contributed by atoms with Gasteiger partial charge in [-0.25, -0.2) is 8.42 Å². The number of sulfonamides is 1. The van der Waals surface area contributed by atoms with Gasteiger partial charge in [-0.2, -0.15) is 4.31 Å². The first kappa shape index (κ1) is 23.1. The summed E-state index contributed by atoms with van der Waals surface area (Å²) in [6.45, 7) is 4.11. The summed E-state index contributed by atoms with van der Waals surface area (Å²) in [5, 5.41) is 2.80. The Morgan fingerprint density at radius 2 is 1.94 bits per heavy atom. The van der Waals surface area contributed by atoms with Crippen molar-refractivity contribution in [1.29, 1.82) is 0 Å². The maximum Gasteiger partial charge on any atom is 0.255 e. The van der Waals surface area contributed by atoms with Gasteiger partial charge >= 0.3 is 0 Å². The molecule has 8 nitrogen and oxygen atoms in total. The average molecular weight is 449 g/mol. The second kappa shape index (κ2) is 10.6. The molecule has 31 heavy (non-hydrogen) atoms. The van der Waals surface area contributed by atoms with E-state index in [-0.39, 0.29) is 23.5 Å². The van der Waals surface area contributed by atoms with Gasteiger partial charge in [-0.05, 0) is 49.2 Å². The smallest absolute Gasteiger partial charge is 0.255 e. The lowest BCUT2D eigenvalue weighted by Gasteiger charge is -2.26. The fraction of sp³-hybridized carbons (Fsp3) is 0.409. The van der Waals surface area contributed by atoms with Crippen LogP contribution in [-0.2, 0) is 14.8 Å². The van der Waals surface area contributed by atoms with Crippen LogP contribution >= 0.6 is 0 Å². The lowest BCUT2D eigenvalue weighted by molar-refractivity contribution is 0.0730. The van der Waals surface area contributed by atoms with E-state index in [1.165, 1.54) is 29.6 Å². The van der Waals surface area contributed by atoms with Crippen molar-refractivity contribution in [3.8, 4) is 11.5 Å². The largest absolute Gasteiger partial charge is 0.496 e. The lowest BCUT2D eigenvalue weighted by Crippen LogP contribution is -2.40. The van der Waals surface area contributed by atoms with Crippen LogP contribution in [-0.4, -0.2) is 65.2 Å². The second-order valence-corrected chi connectivity index (χ2v) is 9.09. The number of carbonyl (C=O) groups excluding carboxylic acids is 1. The van der Waals surface area contributed by atoms with Gasteiger partial charge in [0.25, 0.3) is 5.91 Å². The minimum atomic E-state index is -3.71. The van der Waals surface area contributed by atoms with Crippen LogP contribution in [0.2, 0.25) is 0 Å². The number of aryl methyl sites for hydroxylation is 1. The zero-order chi connectivity index (χ0) is 22.3. The second-order valence-electron chi connectivity index (χ2n) is 7.15. The molecule has 0 spiro atoms. The molecule has 1 fully saturated rings. The topological polar surface area (TPSA) is 94.2 Å². The number of nitrogens with one attached hydrogen (secondary N) is 1. The van der Waals surface area contributed by atoms with Gasteiger partial charge in [0.05, 0.1) is 37.4 Å². The third-order valence-electron chi connectivity index (χ3n) is 4.89. The predicted molar refractivity (Wildman–Crippen MR) is 116 cm³/mol. The molecule has 0 atom stereocenters. The van der Waals surface area contributed by atoms with Gasteiger partial charge in [-0.3, -0.25) is 4.79 Å². The molecule has 0 bridgehead atoms. The van der Waals surface area contributed by atoms with Crippen LogP contribution in [0.25, 0.3) is 0 Å². The van der Waals surface area contributed by atoms with Crippen LogP contribution in [0, 0.1) is 6.92 Å². The maximum absolute atomic E-state index is 12.9. The van der Waals surface area contributed by atoms with E-state index in [4.69, 9.17) is 14.2 Å². The van der Waals surface area contributed by atoms with E-state index in [2.05, 4.69) is 5.32 Å². The van der Waals surface area contributed by atoms with Crippen molar-refractivity contribution in [3.63, 3.8) is 0 Å². The molecule has 1 aliphatic heterocycles. The molecule has 0 aromatic heterocycles. The molecule has 0 aliphatic carbocycles. The molecule has 9 heteroatoms. The maximum atomic E-state index is 12.9. The number of hydrogen-bond acceptors (Lipinski definition) is 6. The summed E-state index contributed by atoms with van der Waals surface area (Å²) in [6, 6.07) is 12.1. The van der Waals surface area contributed by atoms with Crippen LogP contribution in [0.4, 0.5) is 0 Å². The molecular weight excluding hydrogens is 420 g/mol. The highest BCUT2D eigenvalue weighted by Crippen LogP contribution is 2.25. The number of rotatable bonds is 9. The molecule has 0 saturated carbocycles. The van der Waals surface area contributed by atoms with E-state index in [0.717, 1.165) is 11.3 Å². The first-order valence-corrected chi connectivity index (χ1v) is 11.6. The summed E-state index contributed by atoms with van der Waals surface area (Å²) in [5.41, 5.74) is 1.29. The van der Waals surface area contributed by atoms with Crippen molar-refractivity contribution >= 4 is 15.9 Å². The van der Waals surface area contributed by atoms with Gasteiger partial charge in [0.15, 0.2) is 0 Å². The molecule has 2 aromatic carbocycles. The molecule has 1 aliphatic rings. The summed E-state index contributed by atoms with van der Waals surface area (Å²) in [4.78, 5) is 12.8. The fourth-order valence-corrected chi connectivity index (χ4v) is 4.66. The molecular formula is C22H28N2O6S. The Labute approximate surface area is 183 Å². The Morgan fingerprint density at radius 1 is 1.16 bits per heavy atom. The van der Waals surface area contributed by atoms with Crippen molar-refractivity contribution in [1.82, 2.24) is 9.62 Å². The van der Waals surface area contributed by atoms with E-state index in [1.807, 2.05) is 31.2 Å². The number of nitrogens with zero attached hydrogens (tertiary/aromatic N) is 1. The molecule has 1 saturated heterocycles. The molecule has 1 N–H and O–H groups in total. The number of morpholine rings is 1. The van der Waals surface area contributed by atoms with Crippen molar-refractivity contribution in [2.24, 2.45) is 0 Å². The summed E-state index contributed by atoms with van der Waals surface area (Å²) < 4.78 is 43.3. The van der Waals surface area contributed by atoms with Gasteiger partial charge in [0.2, 0.25) is 10.0 Å². The molecule has 1 heterocycles. The third kappa shape index (κ3) is 5.96. The molecule has 3 rings (SSSR count). The zero-order valence-corrected chi connectivity index (χ0v) is 18.6. The number of carbonyl (C=O) groups is 1. The van der Waals surface area contributed by atoms with Crippen molar-refractivity contribution in [2.75, 3.05) is 46.6 Å². The standard InChI is InChI=1S/C22H28N2O6S/c1-17-5-3-6-18(15-17)30-12-4-9-23-22(25)20-16-19(7-8-21(20)28-2)31(26,27)24-10-13-29-14-11-24/h3,5-8,15-16H,4,9-14H2,1-2H3,(H,23,25). The number of ether oxygens (including phenoxy) is 3. The van der Waals surface area contributed by atoms with Crippen LogP contribution in [0.15, 0.2) is 47.4 Å². The normalized spacial score (nSPS) is 14.8. The van der Waals surface area contributed by atoms with Crippen LogP contribution in [0.1, 0.15) is 22.3 Å². The molecule has 0 unspecified atom stereocenters. The zero-order valence-electron chi connectivity index (χ0n) is 17.8. The quantitative estimate of drug-likeness (QED) is 0.591. The monoisotopic (exact) mass is 448 g/mol. The Bertz CT molecular complexity index is 1000. The van der Waals surface area contributed by atoms with Gasteiger partial charge in [-0.1, -0.05) is 12.1 Å². The van der Waals surface area contributed by atoms with Crippen LogP contribution in [0.5, 0.6) is 11.5 Å². The van der Waals surface area contributed by atoms with E-state index >= 15 is 0 Å². The van der Waals surface area contributed by atoms with E-state index in [1.54, 1.807) is 0 Å². The minimum Gasteiger partial charge on any atom is -0.496 e. The minimum absolute atomic E-state index is 0.0585. The fourth-order valence-electron chi connectivity index (χ4n) is 3.23. The van der Waals surface area contributed by atoms with Gasteiger partial charge in [-0.15, -0.1) is 0 Å². The van der Waals surface area contributed by atoms with Gasteiger partial charge in [0, 0.05) is 19.6 Å². The van der Waals surface area contributed by atoms with E-state index in [9.17, 15) is 13.2 Å². The Hall–Kier alpha value is -2.62. The molecule has 1 amide bonds. The Balaban J connectivity index is 1.61. The van der Waals surface area contributed by atoms with Crippen molar-refractivity contribution < 1.29 is 27.4 Å². The van der Waals surface area contributed by atoms with Gasteiger partial charge < -0.3 is 19.5 Å². The first-order valence-electron chi connectivity index (χ1n) is 10.2. The van der Waals surface area contributed by atoms with Crippen LogP contribution in [0.3, 0.4) is 0 Å². The Morgan fingerprint density at radius 3 is 2.65 bits per heavy atom. The SMILES string of the molecule is COc1ccc(S(=O)(=O)N2CCOCC2)cc1C(=O)NCCCOc1cccc(C)c1. The Kier molecular flexibility index (Phi) is 7.89. The number of amides is 1. The number of hydrogen-bond donors (Lipinski definition) is 1.